The van der Waals surface area contributed by atoms with E-state index < -0.39 is 16.1 Å². The molecule has 1 aliphatic heterocycles. The normalized spacial score (nSPS) is 24.8. The molecule has 1 aromatic carbocycles. The zero-order chi connectivity index (χ0) is 14.9. The molecule has 7 heteroatoms. The van der Waals surface area contributed by atoms with Gasteiger partial charge in [0.25, 0.3) is 0 Å². The number of benzene rings is 1. The SMILES string of the molecule is Cc1cccc(N)c1S(=O)(=O)N1CC(CO)OCC1C. The molecule has 20 heavy (non-hydrogen) atoms. The number of hydrogen-bond donors (Lipinski definition) is 2. The van der Waals surface area contributed by atoms with Crippen molar-refractivity contribution in [2.45, 2.75) is 30.9 Å². The van der Waals surface area contributed by atoms with Crippen LogP contribution in [-0.2, 0) is 14.8 Å². The van der Waals surface area contributed by atoms with Crippen LogP contribution in [0.5, 0.6) is 0 Å². The number of nitrogen functional groups attached to an aromatic ring is 1. The van der Waals surface area contributed by atoms with E-state index in [2.05, 4.69) is 0 Å². The van der Waals surface area contributed by atoms with Gasteiger partial charge in [0.1, 0.15) is 4.90 Å². The minimum Gasteiger partial charge on any atom is -0.398 e. The molecule has 0 spiro atoms. The van der Waals surface area contributed by atoms with E-state index in [1.54, 1.807) is 32.0 Å². The van der Waals surface area contributed by atoms with Crippen LogP contribution in [0, 0.1) is 6.92 Å². The number of rotatable bonds is 3. The molecular weight excluding hydrogens is 280 g/mol. The number of nitrogens with zero attached hydrogens (tertiary/aromatic N) is 1. The quantitative estimate of drug-likeness (QED) is 0.786. The monoisotopic (exact) mass is 300 g/mol. The van der Waals surface area contributed by atoms with Crippen LogP contribution in [-0.4, -0.2) is 49.7 Å². The standard InChI is InChI=1S/C13H20N2O4S/c1-9-4-3-5-12(14)13(9)20(17,18)15-6-11(7-16)19-8-10(15)2/h3-5,10-11,16H,6-8,14H2,1-2H3. The Labute approximate surface area is 119 Å². The van der Waals surface area contributed by atoms with Crippen LogP contribution in [0.1, 0.15) is 12.5 Å². The molecule has 0 amide bonds. The molecule has 2 rings (SSSR count). The molecule has 112 valence electrons. The van der Waals surface area contributed by atoms with E-state index in [-0.39, 0.29) is 36.4 Å². The Morgan fingerprint density at radius 1 is 1.50 bits per heavy atom. The fourth-order valence-electron chi connectivity index (χ4n) is 2.38. The zero-order valence-corrected chi connectivity index (χ0v) is 12.4. The molecule has 0 aliphatic carbocycles. The van der Waals surface area contributed by atoms with Gasteiger partial charge in [0, 0.05) is 12.6 Å². The van der Waals surface area contributed by atoms with Gasteiger partial charge in [-0.1, -0.05) is 12.1 Å². The van der Waals surface area contributed by atoms with E-state index in [4.69, 9.17) is 15.6 Å². The van der Waals surface area contributed by atoms with Crippen LogP contribution < -0.4 is 5.73 Å². The highest BCUT2D eigenvalue weighted by Gasteiger charge is 2.36. The summed E-state index contributed by atoms with van der Waals surface area (Å²) >= 11 is 0. The van der Waals surface area contributed by atoms with Gasteiger partial charge in [-0.15, -0.1) is 0 Å². The maximum absolute atomic E-state index is 12.8. The van der Waals surface area contributed by atoms with Gasteiger partial charge in [0.15, 0.2) is 0 Å². The van der Waals surface area contributed by atoms with Crippen molar-refractivity contribution in [2.75, 3.05) is 25.5 Å². The third kappa shape index (κ3) is 2.67. The van der Waals surface area contributed by atoms with Crippen LogP contribution in [0.25, 0.3) is 0 Å². The fraction of sp³-hybridized carbons (Fsp3) is 0.538. The summed E-state index contributed by atoms with van der Waals surface area (Å²) in [5, 5.41) is 9.17. The minimum absolute atomic E-state index is 0.133. The van der Waals surface area contributed by atoms with E-state index >= 15 is 0 Å². The topological polar surface area (TPSA) is 92.9 Å². The second kappa shape index (κ2) is 5.69. The van der Waals surface area contributed by atoms with Crippen LogP contribution in [0.4, 0.5) is 5.69 Å². The highest BCUT2D eigenvalue weighted by Crippen LogP contribution is 2.29. The van der Waals surface area contributed by atoms with Gasteiger partial charge >= 0.3 is 0 Å². The Morgan fingerprint density at radius 3 is 2.80 bits per heavy atom. The molecule has 1 aromatic rings. The number of aliphatic hydroxyl groups excluding tert-OH is 1. The van der Waals surface area contributed by atoms with E-state index in [1.807, 2.05) is 0 Å². The smallest absolute Gasteiger partial charge is 0.245 e. The van der Waals surface area contributed by atoms with Crippen molar-refractivity contribution in [3.63, 3.8) is 0 Å². The largest absolute Gasteiger partial charge is 0.398 e. The van der Waals surface area contributed by atoms with Crippen molar-refractivity contribution < 1.29 is 18.3 Å². The van der Waals surface area contributed by atoms with Crippen LogP contribution in [0.3, 0.4) is 0 Å². The van der Waals surface area contributed by atoms with Crippen molar-refractivity contribution in [1.29, 1.82) is 0 Å². The number of morpholine rings is 1. The van der Waals surface area contributed by atoms with Crippen LogP contribution in [0.15, 0.2) is 23.1 Å². The Kier molecular flexibility index (Phi) is 4.33. The second-order valence-electron chi connectivity index (χ2n) is 5.05. The van der Waals surface area contributed by atoms with Gasteiger partial charge in [0.05, 0.1) is 25.0 Å². The average Bonchev–Trinajstić information content (AvgIpc) is 2.38. The Balaban J connectivity index is 2.43. The lowest BCUT2D eigenvalue weighted by Gasteiger charge is -2.36. The summed E-state index contributed by atoms with van der Waals surface area (Å²) in [6.07, 6.45) is -0.494. The lowest BCUT2D eigenvalue weighted by atomic mass is 10.2. The minimum atomic E-state index is -3.70. The van der Waals surface area contributed by atoms with Crippen molar-refractivity contribution >= 4 is 15.7 Å². The van der Waals surface area contributed by atoms with Crippen LogP contribution >= 0.6 is 0 Å². The summed E-state index contributed by atoms with van der Waals surface area (Å²) in [5.41, 5.74) is 6.70. The van der Waals surface area contributed by atoms with Gasteiger partial charge in [-0.3, -0.25) is 0 Å². The molecule has 0 saturated carbocycles. The first-order valence-electron chi connectivity index (χ1n) is 6.47. The first-order valence-corrected chi connectivity index (χ1v) is 7.91. The summed E-state index contributed by atoms with van der Waals surface area (Å²) in [7, 11) is -3.70. The number of ether oxygens (including phenoxy) is 1. The predicted molar refractivity (Wildman–Crippen MR) is 75.8 cm³/mol. The number of aliphatic hydroxyl groups is 1. The molecule has 2 unspecified atom stereocenters. The number of aryl methyl sites for hydroxylation is 1. The van der Waals surface area contributed by atoms with Gasteiger partial charge in [-0.05, 0) is 25.5 Å². The third-order valence-electron chi connectivity index (χ3n) is 3.46. The Bertz CT molecular complexity index is 568. The maximum Gasteiger partial charge on any atom is 0.245 e. The summed E-state index contributed by atoms with van der Waals surface area (Å²) in [6.45, 7) is 3.68. The number of nitrogens with two attached hydrogens (primary N) is 1. The number of anilines is 1. The van der Waals surface area contributed by atoms with E-state index in [0.717, 1.165) is 0 Å². The molecule has 0 aromatic heterocycles. The van der Waals surface area contributed by atoms with Crippen molar-refractivity contribution in [3.05, 3.63) is 23.8 Å². The predicted octanol–water partition coefficient (Wildman–Crippen LogP) is 0.348. The lowest BCUT2D eigenvalue weighted by molar-refractivity contribution is -0.0516. The van der Waals surface area contributed by atoms with Crippen molar-refractivity contribution in [3.8, 4) is 0 Å². The summed E-state index contributed by atoms with van der Waals surface area (Å²) in [6, 6.07) is 4.73. The molecule has 2 atom stereocenters. The maximum atomic E-state index is 12.8. The highest BCUT2D eigenvalue weighted by molar-refractivity contribution is 7.89. The van der Waals surface area contributed by atoms with Crippen molar-refractivity contribution in [2.24, 2.45) is 0 Å². The van der Waals surface area contributed by atoms with E-state index in [9.17, 15) is 8.42 Å². The summed E-state index contributed by atoms with van der Waals surface area (Å²) < 4.78 is 32.4. The molecule has 1 heterocycles. The Hall–Kier alpha value is -1.15. The first-order chi connectivity index (χ1) is 9.37. The molecule has 1 aliphatic rings. The third-order valence-corrected chi connectivity index (χ3v) is 5.66. The summed E-state index contributed by atoms with van der Waals surface area (Å²) in [5.74, 6) is 0. The van der Waals surface area contributed by atoms with Gasteiger partial charge in [0.2, 0.25) is 10.0 Å². The molecule has 3 N–H and O–H groups in total. The molecular formula is C13H20N2O4S. The number of hydrogen-bond acceptors (Lipinski definition) is 5. The van der Waals surface area contributed by atoms with Crippen LogP contribution in [0.2, 0.25) is 0 Å². The van der Waals surface area contributed by atoms with Gasteiger partial charge < -0.3 is 15.6 Å². The van der Waals surface area contributed by atoms with Crippen molar-refractivity contribution in [1.82, 2.24) is 4.31 Å². The molecule has 0 radical (unpaired) electrons. The van der Waals surface area contributed by atoms with Gasteiger partial charge in [-0.25, -0.2) is 8.42 Å². The molecule has 1 fully saturated rings. The fourth-order valence-corrected chi connectivity index (χ4v) is 4.35. The number of sulfonamides is 1. The average molecular weight is 300 g/mol. The highest BCUT2D eigenvalue weighted by atomic mass is 32.2. The molecule has 0 bridgehead atoms. The molecule has 1 saturated heterocycles. The first kappa shape index (κ1) is 15.2. The lowest BCUT2D eigenvalue weighted by Crippen LogP contribution is -2.52. The van der Waals surface area contributed by atoms with E-state index in [0.29, 0.717) is 5.56 Å². The Morgan fingerprint density at radius 2 is 2.20 bits per heavy atom. The van der Waals surface area contributed by atoms with Gasteiger partial charge in [-0.2, -0.15) is 4.31 Å². The summed E-state index contributed by atoms with van der Waals surface area (Å²) in [4.78, 5) is 0.144. The van der Waals surface area contributed by atoms with E-state index in [1.165, 1.54) is 4.31 Å². The second-order valence-corrected chi connectivity index (χ2v) is 6.88. The molecule has 6 nitrogen and oxygen atoms in total. The zero-order valence-electron chi connectivity index (χ0n) is 11.6.